The van der Waals surface area contributed by atoms with Crippen molar-refractivity contribution in [3.05, 3.63) is 34.9 Å². The summed E-state index contributed by atoms with van der Waals surface area (Å²) in [4.78, 5) is 4.47. The fourth-order valence-electron chi connectivity index (χ4n) is 2.33. The van der Waals surface area contributed by atoms with E-state index in [1.807, 2.05) is 25.1 Å². The van der Waals surface area contributed by atoms with E-state index >= 15 is 0 Å². The summed E-state index contributed by atoms with van der Waals surface area (Å²) < 4.78 is 0. The molecule has 1 aliphatic carbocycles. The first-order valence-corrected chi connectivity index (χ1v) is 7.98. The molecule has 1 aliphatic rings. The van der Waals surface area contributed by atoms with E-state index in [-0.39, 0.29) is 0 Å². The summed E-state index contributed by atoms with van der Waals surface area (Å²) >= 11 is 5.97. The number of nitrogens with one attached hydrogen (secondary N) is 2. The van der Waals surface area contributed by atoms with Crippen molar-refractivity contribution in [2.75, 3.05) is 19.6 Å². The van der Waals surface area contributed by atoms with Crippen molar-refractivity contribution < 1.29 is 5.11 Å². The van der Waals surface area contributed by atoms with Crippen LogP contribution in [0.25, 0.3) is 0 Å². The van der Waals surface area contributed by atoms with Crippen LogP contribution in [-0.4, -0.2) is 36.3 Å². The molecule has 1 saturated carbocycles. The minimum atomic E-state index is -0.574. The normalized spacial score (nSPS) is 17.2. The first-order valence-electron chi connectivity index (χ1n) is 7.60. The highest BCUT2D eigenvalue weighted by molar-refractivity contribution is 6.30. The molecule has 1 fully saturated rings. The molecule has 1 aromatic rings. The highest BCUT2D eigenvalue weighted by Crippen LogP contribution is 2.31. The second kappa shape index (κ2) is 7.66. The number of aliphatic imine (C=N–C) groups is 1. The molecular weight excluding hydrogens is 286 g/mol. The Morgan fingerprint density at radius 3 is 2.81 bits per heavy atom. The zero-order valence-corrected chi connectivity index (χ0v) is 13.3. The van der Waals surface area contributed by atoms with E-state index in [1.54, 1.807) is 0 Å². The Hall–Kier alpha value is -1.26. The van der Waals surface area contributed by atoms with Gasteiger partial charge in [0, 0.05) is 18.1 Å². The Kier molecular flexibility index (Phi) is 5.88. The third kappa shape index (κ3) is 5.21. The maximum absolute atomic E-state index is 10.1. The minimum Gasteiger partial charge on any atom is -0.388 e. The highest BCUT2D eigenvalue weighted by atomic mass is 35.5. The SMILES string of the molecule is CCNC(=NCC1(O)CCC1)NCCc1cccc(Cl)c1. The van der Waals surface area contributed by atoms with Gasteiger partial charge in [-0.2, -0.15) is 0 Å². The van der Waals surface area contributed by atoms with Crippen molar-refractivity contribution in [2.45, 2.75) is 38.2 Å². The molecule has 2 rings (SSSR count). The van der Waals surface area contributed by atoms with Gasteiger partial charge in [0.1, 0.15) is 0 Å². The molecule has 0 aliphatic heterocycles. The average Bonchev–Trinajstić information content (AvgIpc) is 2.43. The third-order valence-electron chi connectivity index (χ3n) is 3.76. The first kappa shape index (κ1) is 16.1. The molecule has 0 spiro atoms. The summed E-state index contributed by atoms with van der Waals surface area (Å²) in [6, 6.07) is 7.88. The van der Waals surface area contributed by atoms with Gasteiger partial charge in [0.2, 0.25) is 0 Å². The molecular formula is C16H24ClN3O. The first-order chi connectivity index (χ1) is 10.1. The van der Waals surface area contributed by atoms with Gasteiger partial charge in [-0.25, -0.2) is 0 Å². The van der Waals surface area contributed by atoms with Crippen LogP contribution in [-0.2, 0) is 6.42 Å². The number of nitrogens with zero attached hydrogens (tertiary/aromatic N) is 1. The topological polar surface area (TPSA) is 56.7 Å². The van der Waals surface area contributed by atoms with E-state index in [9.17, 15) is 5.11 Å². The van der Waals surface area contributed by atoms with Gasteiger partial charge in [-0.3, -0.25) is 4.99 Å². The Labute approximate surface area is 131 Å². The zero-order valence-electron chi connectivity index (χ0n) is 12.5. The number of benzene rings is 1. The molecule has 1 aromatic carbocycles. The van der Waals surface area contributed by atoms with Crippen LogP contribution in [0.15, 0.2) is 29.3 Å². The number of hydrogen-bond donors (Lipinski definition) is 3. The summed E-state index contributed by atoms with van der Waals surface area (Å²) in [6.45, 7) is 4.09. The molecule has 0 atom stereocenters. The fraction of sp³-hybridized carbons (Fsp3) is 0.562. The van der Waals surface area contributed by atoms with Crippen molar-refractivity contribution in [2.24, 2.45) is 4.99 Å². The molecule has 0 unspecified atom stereocenters. The summed E-state index contributed by atoms with van der Waals surface area (Å²) in [6.07, 6.45) is 3.71. The standard InChI is InChI=1S/C16H24ClN3O/c1-2-18-15(20-12-16(21)8-4-9-16)19-10-7-13-5-3-6-14(17)11-13/h3,5-6,11,21H,2,4,7-10,12H2,1H3,(H2,18,19,20). The van der Waals surface area contributed by atoms with Crippen LogP contribution in [0, 0.1) is 0 Å². The molecule has 3 N–H and O–H groups in total. The number of halogens is 1. The van der Waals surface area contributed by atoms with Crippen LogP contribution in [0.5, 0.6) is 0 Å². The van der Waals surface area contributed by atoms with Crippen LogP contribution in [0.2, 0.25) is 5.02 Å². The van der Waals surface area contributed by atoms with Gasteiger partial charge < -0.3 is 15.7 Å². The maximum atomic E-state index is 10.1. The number of aliphatic hydroxyl groups is 1. The van der Waals surface area contributed by atoms with Gasteiger partial charge in [0.05, 0.1) is 12.1 Å². The van der Waals surface area contributed by atoms with E-state index in [4.69, 9.17) is 11.6 Å². The second-order valence-electron chi connectivity index (χ2n) is 5.58. The predicted molar refractivity (Wildman–Crippen MR) is 87.9 cm³/mol. The van der Waals surface area contributed by atoms with Crippen molar-refractivity contribution in [1.29, 1.82) is 0 Å². The molecule has 0 heterocycles. The van der Waals surface area contributed by atoms with Gasteiger partial charge in [-0.15, -0.1) is 0 Å². The number of guanidine groups is 1. The third-order valence-corrected chi connectivity index (χ3v) is 3.99. The van der Waals surface area contributed by atoms with Crippen LogP contribution >= 0.6 is 11.6 Å². The largest absolute Gasteiger partial charge is 0.388 e. The van der Waals surface area contributed by atoms with Crippen molar-refractivity contribution in [3.63, 3.8) is 0 Å². The molecule has 0 saturated heterocycles. The Morgan fingerprint density at radius 2 is 2.19 bits per heavy atom. The van der Waals surface area contributed by atoms with Crippen LogP contribution in [0.4, 0.5) is 0 Å². The molecule has 0 bridgehead atoms. The molecule has 0 radical (unpaired) electrons. The van der Waals surface area contributed by atoms with Gasteiger partial charge in [-0.05, 0) is 50.3 Å². The van der Waals surface area contributed by atoms with Crippen LogP contribution < -0.4 is 10.6 Å². The van der Waals surface area contributed by atoms with Gasteiger partial charge in [0.25, 0.3) is 0 Å². The van der Waals surface area contributed by atoms with Crippen molar-refractivity contribution in [1.82, 2.24) is 10.6 Å². The highest BCUT2D eigenvalue weighted by Gasteiger charge is 2.34. The smallest absolute Gasteiger partial charge is 0.191 e. The summed E-state index contributed by atoms with van der Waals surface area (Å²) in [5.41, 5.74) is 0.624. The predicted octanol–water partition coefficient (Wildman–Crippen LogP) is 2.35. The van der Waals surface area contributed by atoms with Crippen molar-refractivity contribution in [3.8, 4) is 0 Å². The van der Waals surface area contributed by atoms with E-state index < -0.39 is 5.60 Å². The lowest BCUT2D eigenvalue weighted by Crippen LogP contribution is -2.43. The summed E-state index contributed by atoms with van der Waals surface area (Å²) in [7, 11) is 0. The summed E-state index contributed by atoms with van der Waals surface area (Å²) in [5, 5.41) is 17.3. The Balaban J connectivity index is 1.80. The number of rotatable bonds is 6. The van der Waals surface area contributed by atoms with E-state index in [0.717, 1.165) is 49.8 Å². The fourth-order valence-corrected chi connectivity index (χ4v) is 2.54. The van der Waals surface area contributed by atoms with Crippen LogP contribution in [0.1, 0.15) is 31.7 Å². The Morgan fingerprint density at radius 1 is 1.38 bits per heavy atom. The van der Waals surface area contributed by atoms with Gasteiger partial charge in [0.15, 0.2) is 5.96 Å². The van der Waals surface area contributed by atoms with E-state index in [0.29, 0.717) is 6.54 Å². The molecule has 0 amide bonds. The Bertz CT molecular complexity index is 486. The molecule has 5 heteroatoms. The van der Waals surface area contributed by atoms with Crippen molar-refractivity contribution >= 4 is 17.6 Å². The average molecular weight is 310 g/mol. The monoisotopic (exact) mass is 309 g/mol. The van der Waals surface area contributed by atoms with Gasteiger partial charge in [-0.1, -0.05) is 23.7 Å². The number of hydrogen-bond acceptors (Lipinski definition) is 2. The lowest BCUT2D eigenvalue weighted by molar-refractivity contribution is -0.0236. The molecule has 4 nitrogen and oxygen atoms in total. The van der Waals surface area contributed by atoms with Crippen LogP contribution in [0.3, 0.4) is 0 Å². The molecule has 0 aromatic heterocycles. The second-order valence-corrected chi connectivity index (χ2v) is 6.02. The van der Waals surface area contributed by atoms with Gasteiger partial charge >= 0.3 is 0 Å². The molecule has 116 valence electrons. The minimum absolute atomic E-state index is 0.472. The maximum Gasteiger partial charge on any atom is 0.191 e. The quantitative estimate of drug-likeness (QED) is 0.558. The zero-order chi connectivity index (χ0) is 15.1. The summed E-state index contributed by atoms with van der Waals surface area (Å²) in [5.74, 6) is 0.764. The lowest BCUT2D eigenvalue weighted by Gasteiger charge is -2.35. The molecule has 21 heavy (non-hydrogen) atoms. The van der Waals surface area contributed by atoms with E-state index in [1.165, 1.54) is 5.56 Å². The van der Waals surface area contributed by atoms with E-state index in [2.05, 4.69) is 21.7 Å². The lowest BCUT2D eigenvalue weighted by atomic mass is 9.80.